The van der Waals surface area contributed by atoms with Crippen LogP contribution in [0.15, 0.2) is 0 Å². The number of rotatable bonds is 2. The topological polar surface area (TPSA) is 29.3 Å². The van der Waals surface area contributed by atoms with Gasteiger partial charge in [-0.2, -0.15) is 11.8 Å². The van der Waals surface area contributed by atoms with Crippen molar-refractivity contribution in [1.82, 2.24) is 4.90 Å². The van der Waals surface area contributed by atoms with Gasteiger partial charge in [0, 0.05) is 36.2 Å². The van der Waals surface area contributed by atoms with Gasteiger partial charge in [0.1, 0.15) is 0 Å². The quantitative estimate of drug-likeness (QED) is 0.836. The van der Waals surface area contributed by atoms with E-state index in [2.05, 4.69) is 44.4 Å². The third-order valence-corrected chi connectivity index (χ3v) is 5.87. The molecule has 0 aromatic rings. The number of thioether (sulfide) groups is 1. The maximum Gasteiger partial charge on any atom is 0.0231 e. The summed E-state index contributed by atoms with van der Waals surface area (Å²) in [4.78, 5) is 2.66. The zero-order valence-corrected chi connectivity index (χ0v) is 13.4. The summed E-state index contributed by atoms with van der Waals surface area (Å²) in [5, 5.41) is 0. The third-order valence-electron chi connectivity index (χ3n) is 4.57. The highest BCUT2D eigenvalue weighted by Gasteiger charge is 2.35. The Morgan fingerprint density at radius 3 is 2.67 bits per heavy atom. The summed E-state index contributed by atoms with van der Waals surface area (Å²) in [5.41, 5.74) is 6.85. The van der Waals surface area contributed by atoms with E-state index in [4.69, 9.17) is 5.73 Å². The Balaban J connectivity index is 1.91. The van der Waals surface area contributed by atoms with E-state index in [1.807, 2.05) is 0 Å². The summed E-state index contributed by atoms with van der Waals surface area (Å²) < 4.78 is 0.423. The van der Waals surface area contributed by atoms with E-state index in [0.717, 1.165) is 0 Å². The summed E-state index contributed by atoms with van der Waals surface area (Å²) in [7, 11) is 0. The maximum absolute atomic E-state index is 6.35. The highest BCUT2D eigenvalue weighted by Crippen LogP contribution is 2.39. The molecular formula is C15H30N2S. The lowest BCUT2D eigenvalue weighted by molar-refractivity contribution is 0.112. The monoisotopic (exact) mass is 270 g/mol. The smallest absolute Gasteiger partial charge is 0.0231 e. The van der Waals surface area contributed by atoms with Crippen molar-refractivity contribution in [3.63, 3.8) is 0 Å². The minimum Gasteiger partial charge on any atom is -0.327 e. The van der Waals surface area contributed by atoms with Gasteiger partial charge in [-0.1, -0.05) is 13.8 Å². The molecule has 0 spiro atoms. The molecule has 3 heteroatoms. The SMILES string of the molecule is CC1(C)CCC(N)C(CN2CCSC(C)(C)C2)C1. The van der Waals surface area contributed by atoms with Crippen LogP contribution in [0.1, 0.15) is 47.0 Å². The van der Waals surface area contributed by atoms with Gasteiger partial charge in [0.15, 0.2) is 0 Å². The van der Waals surface area contributed by atoms with Crippen LogP contribution in [-0.2, 0) is 0 Å². The minimum atomic E-state index is 0.423. The molecular weight excluding hydrogens is 240 g/mol. The van der Waals surface area contributed by atoms with Crippen LogP contribution in [0.25, 0.3) is 0 Å². The zero-order valence-electron chi connectivity index (χ0n) is 12.5. The fourth-order valence-corrected chi connectivity index (χ4v) is 4.73. The van der Waals surface area contributed by atoms with E-state index >= 15 is 0 Å². The Labute approximate surface area is 117 Å². The summed E-state index contributed by atoms with van der Waals surface area (Å²) in [6.07, 6.45) is 3.81. The van der Waals surface area contributed by atoms with Gasteiger partial charge >= 0.3 is 0 Å². The van der Waals surface area contributed by atoms with Gasteiger partial charge in [0.2, 0.25) is 0 Å². The molecule has 2 atom stereocenters. The first kappa shape index (κ1) is 14.7. The van der Waals surface area contributed by atoms with E-state index in [-0.39, 0.29) is 0 Å². The Morgan fingerprint density at radius 1 is 1.28 bits per heavy atom. The summed E-state index contributed by atoms with van der Waals surface area (Å²) in [5.74, 6) is 1.98. The molecule has 1 saturated carbocycles. The molecule has 0 aromatic heterocycles. The summed E-state index contributed by atoms with van der Waals surface area (Å²) >= 11 is 2.11. The van der Waals surface area contributed by atoms with Gasteiger partial charge in [0.05, 0.1) is 0 Å². The van der Waals surface area contributed by atoms with Gasteiger partial charge in [-0.15, -0.1) is 0 Å². The van der Waals surface area contributed by atoms with Gasteiger partial charge in [-0.25, -0.2) is 0 Å². The lowest BCUT2D eigenvalue weighted by atomic mass is 9.70. The molecule has 1 saturated heterocycles. The first-order valence-corrected chi connectivity index (χ1v) is 8.38. The van der Waals surface area contributed by atoms with Crippen molar-refractivity contribution < 1.29 is 0 Å². The second-order valence-corrected chi connectivity index (χ2v) is 9.48. The summed E-state index contributed by atoms with van der Waals surface area (Å²) in [6, 6.07) is 0.427. The highest BCUT2D eigenvalue weighted by atomic mass is 32.2. The van der Waals surface area contributed by atoms with Gasteiger partial charge < -0.3 is 10.6 Å². The molecule has 2 nitrogen and oxygen atoms in total. The highest BCUT2D eigenvalue weighted by molar-refractivity contribution is 8.00. The minimum absolute atomic E-state index is 0.423. The molecule has 0 radical (unpaired) electrons. The number of nitrogens with two attached hydrogens (primary N) is 1. The van der Waals surface area contributed by atoms with E-state index in [1.165, 1.54) is 44.6 Å². The Bertz CT molecular complexity index is 288. The second kappa shape index (κ2) is 5.34. The molecule has 18 heavy (non-hydrogen) atoms. The van der Waals surface area contributed by atoms with E-state index in [1.54, 1.807) is 0 Å². The van der Waals surface area contributed by atoms with Crippen LogP contribution in [0.2, 0.25) is 0 Å². The number of hydrogen-bond acceptors (Lipinski definition) is 3. The molecule has 0 bridgehead atoms. The van der Waals surface area contributed by atoms with E-state index in [9.17, 15) is 0 Å². The Morgan fingerprint density at radius 2 is 2.00 bits per heavy atom. The van der Waals surface area contributed by atoms with Gasteiger partial charge in [-0.05, 0) is 44.4 Å². The molecule has 106 valence electrons. The Hall–Kier alpha value is 0.270. The van der Waals surface area contributed by atoms with Crippen LogP contribution in [0, 0.1) is 11.3 Å². The van der Waals surface area contributed by atoms with Crippen LogP contribution in [0.4, 0.5) is 0 Å². The average molecular weight is 270 g/mol. The molecule has 0 amide bonds. The maximum atomic E-state index is 6.35. The second-order valence-electron chi connectivity index (χ2n) is 7.67. The molecule has 0 aromatic carbocycles. The molecule has 1 heterocycles. The van der Waals surface area contributed by atoms with Crippen molar-refractivity contribution in [2.24, 2.45) is 17.1 Å². The Kier molecular flexibility index (Phi) is 4.35. The molecule has 1 aliphatic heterocycles. The van der Waals surface area contributed by atoms with Crippen LogP contribution in [0.3, 0.4) is 0 Å². The fraction of sp³-hybridized carbons (Fsp3) is 1.00. The van der Waals surface area contributed by atoms with Crippen molar-refractivity contribution in [2.75, 3.05) is 25.4 Å². The molecule has 2 rings (SSSR count). The standard InChI is InChI=1S/C15H30N2S/c1-14(2)6-5-13(16)12(9-14)10-17-7-8-18-15(3,4)11-17/h12-13H,5-11,16H2,1-4H3. The van der Waals surface area contributed by atoms with Crippen molar-refractivity contribution in [3.05, 3.63) is 0 Å². The molecule has 1 aliphatic carbocycles. The predicted molar refractivity (Wildman–Crippen MR) is 82.1 cm³/mol. The van der Waals surface area contributed by atoms with Crippen molar-refractivity contribution in [2.45, 2.75) is 57.7 Å². The number of nitrogens with zero attached hydrogens (tertiary/aromatic N) is 1. The summed E-state index contributed by atoms with van der Waals surface area (Å²) in [6.45, 7) is 13.2. The lowest BCUT2D eigenvalue weighted by Crippen LogP contribution is -2.50. The normalized spacial score (nSPS) is 36.5. The van der Waals surface area contributed by atoms with Crippen LogP contribution in [0.5, 0.6) is 0 Å². The van der Waals surface area contributed by atoms with Crippen molar-refractivity contribution in [3.8, 4) is 0 Å². The zero-order chi connectivity index (χ0) is 13.4. The van der Waals surface area contributed by atoms with Crippen molar-refractivity contribution in [1.29, 1.82) is 0 Å². The third kappa shape index (κ3) is 3.88. The van der Waals surface area contributed by atoms with Crippen LogP contribution in [-0.4, -0.2) is 41.1 Å². The van der Waals surface area contributed by atoms with Crippen LogP contribution >= 0.6 is 11.8 Å². The lowest BCUT2D eigenvalue weighted by Gasteiger charge is -2.44. The first-order chi connectivity index (χ1) is 8.27. The van der Waals surface area contributed by atoms with E-state index < -0.39 is 0 Å². The molecule has 2 N–H and O–H groups in total. The molecule has 2 fully saturated rings. The molecule has 2 aliphatic rings. The number of hydrogen-bond donors (Lipinski definition) is 1. The largest absolute Gasteiger partial charge is 0.327 e. The molecule has 2 unspecified atom stereocenters. The average Bonchev–Trinajstić information content (AvgIpc) is 2.22. The first-order valence-electron chi connectivity index (χ1n) is 7.39. The van der Waals surface area contributed by atoms with Gasteiger partial charge in [0.25, 0.3) is 0 Å². The van der Waals surface area contributed by atoms with Crippen LogP contribution < -0.4 is 5.73 Å². The van der Waals surface area contributed by atoms with E-state index in [0.29, 0.717) is 22.1 Å². The predicted octanol–water partition coefficient (Wildman–Crippen LogP) is 2.97. The fourth-order valence-electron chi connectivity index (χ4n) is 3.56. The van der Waals surface area contributed by atoms with Gasteiger partial charge in [-0.3, -0.25) is 0 Å². The van der Waals surface area contributed by atoms with Crippen molar-refractivity contribution >= 4 is 11.8 Å².